The van der Waals surface area contributed by atoms with Gasteiger partial charge in [0.2, 0.25) is 5.91 Å². The van der Waals surface area contributed by atoms with E-state index < -0.39 is 0 Å². The van der Waals surface area contributed by atoms with Crippen molar-refractivity contribution in [3.05, 3.63) is 59.5 Å². The maximum Gasteiger partial charge on any atom is 0.239 e. The number of anilines is 1. The van der Waals surface area contributed by atoms with Crippen LogP contribution in [0.2, 0.25) is 0 Å². The first-order valence-corrected chi connectivity index (χ1v) is 8.14. The topological polar surface area (TPSA) is 67.2 Å². The standard InChI is InChI=1S/C17H17N3O2S/c1-12-11-23-17(20-12)13-4-2-5-14(8-13)18-10-16(21)19-9-15-6-3-7-22-15/h2-8,11,18H,9-10H2,1H3,(H,19,21). The van der Waals surface area contributed by atoms with E-state index in [0.29, 0.717) is 6.54 Å². The van der Waals surface area contributed by atoms with Crippen molar-refractivity contribution in [1.82, 2.24) is 10.3 Å². The Morgan fingerprint density at radius 1 is 1.30 bits per heavy atom. The molecule has 2 heterocycles. The number of carbonyl (C=O) groups is 1. The normalized spacial score (nSPS) is 10.5. The summed E-state index contributed by atoms with van der Waals surface area (Å²) < 4.78 is 5.17. The predicted molar refractivity (Wildman–Crippen MR) is 91.3 cm³/mol. The molecule has 0 aliphatic carbocycles. The number of nitrogens with zero attached hydrogens (tertiary/aromatic N) is 1. The van der Waals surface area contributed by atoms with Crippen molar-refractivity contribution in [2.24, 2.45) is 0 Å². The molecule has 0 aliphatic rings. The maximum atomic E-state index is 11.8. The predicted octanol–water partition coefficient (Wildman–Crippen LogP) is 3.44. The van der Waals surface area contributed by atoms with E-state index in [1.165, 1.54) is 0 Å². The molecular weight excluding hydrogens is 310 g/mol. The Bertz CT molecular complexity index is 781. The van der Waals surface area contributed by atoms with Crippen molar-refractivity contribution in [1.29, 1.82) is 0 Å². The fourth-order valence-corrected chi connectivity index (χ4v) is 2.89. The van der Waals surface area contributed by atoms with Gasteiger partial charge in [-0.1, -0.05) is 12.1 Å². The van der Waals surface area contributed by atoms with Crippen LogP contribution in [0, 0.1) is 6.92 Å². The fourth-order valence-electron chi connectivity index (χ4n) is 2.09. The number of hydrogen-bond donors (Lipinski definition) is 2. The van der Waals surface area contributed by atoms with Crippen molar-refractivity contribution in [2.75, 3.05) is 11.9 Å². The Morgan fingerprint density at radius 3 is 2.96 bits per heavy atom. The zero-order valence-corrected chi connectivity index (χ0v) is 13.5. The number of amides is 1. The van der Waals surface area contributed by atoms with E-state index in [2.05, 4.69) is 15.6 Å². The molecule has 6 heteroatoms. The van der Waals surface area contributed by atoms with Crippen molar-refractivity contribution < 1.29 is 9.21 Å². The first-order valence-electron chi connectivity index (χ1n) is 7.26. The summed E-state index contributed by atoms with van der Waals surface area (Å²) in [5, 5.41) is 8.93. The van der Waals surface area contributed by atoms with Gasteiger partial charge in [-0.3, -0.25) is 4.79 Å². The van der Waals surface area contributed by atoms with Gasteiger partial charge in [0.1, 0.15) is 10.8 Å². The number of aromatic nitrogens is 1. The van der Waals surface area contributed by atoms with Gasteiger partial charge in [0, 0.05) is 22.3 Å². The number of thiazole rings is 1. The molecule has 5 nitrogen and oxygen atoms in total. The Kier molecular flexibility index (Phi) is 4.73. The summed E-state index contributed by atoms with van der Waals surface area (Å²) in [6.07, 6.45) is 1.59. The second-order valence-electron chi connectivity index (χ2n) is 5.08. The lowest BCUT2D eigenvalue weighted by molar-refractivity contribution is -0.119. The smallest absolute Gasteiger partial charge is 0.239 e. The molecule has 3 aromatic rings. The quantitative estimate of drug-likeness (QED) is 0.728. The minimum atomic E-state index is -0.0862. The highest BCUT2D eigenvalue weighted by atomic mass is 32.1. The van der Waals surface area contributed by atoms with E-state index in [9.17, 15) is 4.79 Å². The van der Waals surface area contributed by atoms with Gasteiger partial charge in [-0.25, -0.2) is 4.98 Å². The second kappa shape index (κ2) is 7.11. The average Bonchev–Trinajstić information content (AvgIpc) is 3.23. The van der Waals surface area contributed by atoms with Crippen LogP contribution in [0.4, 0.5) is 5.69 Å². The zero-order chi connectivity index (χ0) is 16.1. The summed E-state index contributed by atoms with van der Waals surface area (Å²) in [7, 11) is 0. The number of hydrogen-bond acceptors (Lipinski definition) is 5. The van der Waals surface area contributed by atoms with Gasteiger partial charge >= 0.3 is 0 Å². The third kappa shape index (κ3) is 4.20. The van der Waals surface area contributed by atoms with Crippen LogP contribution in [0.1, 0.15) is 11.5 Å². The number of benzene rings is 1. The first-order chi connectivity index (χ1) is 11.2. The molecule has 0 aliphatic heterocycles. The minimum Gasteiger partial charge on any atom is -0.467 e. The highest BCUT2D eigenvalue weighted by Gasteiger charge is 2.05. The molecule has 118 valence electrons. The molecule has 0 spiro atoms. The summed E-state index contributed by atoms with van der Waals surface area (Å²) in [6.45, 7) is 2.58. The molecule has 0 saturated heterocycles. The Labute approximate surface area is 138 Å². The molecule has 0 saturated carbocycles. The number of carbonyl (C=O) groups excluding carboxylic acids is 1. The van der Waals surface area contributed by atoms with E-state index >= 15 is 0 Å². The van der Waals surface area contributed by atoms with E-state index in [1.54, 1.807) is 23.7 Å². The number of furan rings is 1. The summed E-state index contributed by atoms with van der Waals surface area (Å²) in [6, 6.07) is 11.5. The van der Waals surface area contributed by atoms with Gasteiger partial charge in [-0.05, 0) is 31.2 Å². The van der Waals surface area contributed by atoms with E-state index in [4.69, 9.17) is 4.42 Å². The molecule has 2 aromatic heterocycles. The van der Waals surface area contributed by atoms with Crippen molar-refractivity contribution >= 4 is 22.9 Å². The molecule has 0 radical (unpaired) electrons. The van der Waals surface area contributed by atoms with E-state index in [0.717, 1.165) is 27.7 Å². The lowest BCUT2D eigenvalue weighted by Gasteiger charge is -2.08. The van der Waals surface area contributed by atoms with Gasteiger partial charge in [0.05, 0.1) is 19.4 Å². The lowest BCUT2D eigenvalue weighted by atomic mass is 10.2. The summed E-state index contributed by atoms with van der Waals surface area (Å²) in [5.41, 5.74) is 2.95. The van der Waals surface area contributed by atoms with E-state index in [-0.39, 0.29) is 12.5 Å². The van der Waals surface area contributed by atoms with Crippen LogP contribution >= 0.6 is 11.3 Å². The number of rotatable bonds is 6. The van der Waals surface area contributed by atoms with Gasteiger partial charge in [-0.15, -0.1) is 11.3 Å². The molecule has 23 heavy (non-hydrogen) atoms. The summed E-state index contributed by atoms with van der Waals surface area (Å²) in [4.78, 5) is 16.3. The molecule has 3 rings (SSSR count). The third-order valence-electron chi connectivity index (χ3n) is 3.22. The Morgan fingerprint density at radius 2 is 2.22 bits per heavy atom. The Balaban J connectivity index is 1.54. The Hall–Kier alpha value is -2.60. The molecule has 0 bridgehead atoms. The molecule has 1 aromatic carbocycles. The van der Waals surface area contributed by atoms with Crippen LogP contribution in [0.25, 0.3) is 10.6 Å². The van der Waals surface area contributed by atoms with Crippen molar-refractivity contribution in [2.45, 2.75) is 13.5 Å². The highest BCUT2D eigenvalue weighted by Crippen LogP contribution is 2.25. The first kappa shape index (κ1) is 15.3. The molecule has 0 unspecified atom stereocenters. The molecule has 2 N–H and O–H groups in total. The van der Waals surface area contributed by atoms with Gasteiger partial charge in [0.15, 0.2) is 0 Å². The lowest BCUT2D eigenvalue weighted by Crippen LogP contribution is -2.29. The van der Waals surface area contributed by atoms with Crippen LogP contribution < -0.4 is 10.6 Å². The number of nitrogens with one attached hydrogen (secondary N) is 2. The molecule has 0 atom stereocenters. The van der Waals surface area contributed by atoms with Crippen LogP contribution in [-0.2, 0) is 11.3 Å². The molecule has 0 fully saturated rings. The molecule has 1 amide bonds. The van der Waals surface area contributed by atoms with Crippen molar-refractivity contribution in [3.8, 4) is 10.6 Å². The number of aryl methyl sites for hydroxylation is 1. The van der Waals surface area contributed by atoms with Gasteiger partial charge < -0.3 is 15.1 Å². The second-order valence-corrected chi connectivity index (χ2v) is 5.94. The van der Waals surface area contributed by atoms with E-state index in [1.807, 2.05) is 42.6 Å². The zero-order valence-electron chi connectivity index (χ0n) is 12.7. The van der Waals surface area contributed by atoms with Crippen molar-refractivity contribution in [3.63, 3.8) is 0 Å². The minimum absolute atomic E-state index is 0.0862. The van der Waals surface area contributed by atoms with Gasteiger partial charge in [-0.2, -0.15) is 0 Å². The fraction of sp³-hybridized carbons (Fsp3) is 0.176. The summed E-state index contributed by atoms with van der Waals surface area (Å²) in [5.74, 6) is 0.649. The SMILES string of the molecule is Cc1csc(-c2cccc(NCC(=O)NCc3ccco3)c2)n1. The maximum absolute atomic E-state index is 11.8. The monoisotopic (exact) mass is 327 g/mol. The van der Waals surface area contributed by atoms with Crippen LogP contribution in [-0.4, -0.2) is 17.4 Å². The largest absolute Gasteiger partial charge is 0.467 e. The van der Waals surface area contributed by atoms with Crippen LogP contribution in [0.5, 0.6) is 0 Å². The van der Waals surface area contributed by atoms with Gasteiger partial charge in [0.25, 0.3) is 0 Å². The van der Waals surface area contributed by atoms with Crippen LogP contribution in [0.15, 0.2) is 52.5 Å². The highest BCUT2D eigenvalue weighted by molar-refractivity contribution is 7.13. The molecular formula is C17H17N3O2S. The van der Waals surface area contributed by atoms with Crippen LogP contribution in [0.3, 0.4) is 0 Å². The third-order valence-corrected chi connectivity index (χ3v) is 4.23. The average molecular weight is 327 g/mol. The summed E-state index contributed by atoms with van der Waals surface area (Å²) >= 11 is 1.61.